The largest absolute Gasteiger partial charge is 0.573 e. The van der Waals surface area contributed by atoms with Gasteiger partial charge in [0.05, 0.1) is 11.6 Å². The van der Waals surface area contributed by atoms with E-state index in [0.29, 0.717) is 11.7 Å². The number of hydrogen-bond donors (Lipinski definition) is 0. The third kappa shape index (κ3) is 4.19. The molecule has 5 nitrogen and oxygen atoms in total. The number of anilines is 2. The third-order valence-corrected chi connectivity index (χ3v) is 8.70. The minimum Gasteiger partial charge on any atom is -0.459 e. The molecule has 0 aromatic heterocycles. The van der Waals surface area contributed by atoms with Crippen LogP contribution in [-0.4, -0.2) is 38.9 Å². The van der Waals surface area contributed by atoms with Gasteiger partial charge in [0.1, 0.15) is 11.4 Å². The number of nitrogens with zero attached hydrogens (tertiary/aromatic N) is 3. The molecule has 3 aliphatic rings. The first kappa shape index (κ1) is 25.8. The fourth-order valence-corrected chi connectivity index (χ4v) is 6.68. The van der Waals surface area contributed by atoms with E-state index in [1.807, 2.05) is 52.4 Å². The van der Waals surface area contributed by atoms with Crippen molar-refractivity contribution in [2.24, 2.45) is 10.9 Å². The number of benzene rings is 3. The summed E-state index contributed by atoms with van der Waals surface area (Å²) >= 11 is 0. The molecule has 1 aliphatic carbocycles. The Balaban J connectivity index is 1.51. The Morgan fingerprint density at radius 1 is 1.03 bits per heavy atom. The highest BCUT2D eigenvalue weighted by atomic mass is 19.4. The molecule has 1 atom stereocenters. The molecule has 1 saturated carbocycles. The van der Waals surface area contributed by atoms with Crippen molar-refractivity contribution in [1.82, 2.24) is 0 Å². The van der Waals surface area contributed by atoms with Crippen LogP contribution < -0.4 is 19.3 Å². The second-order valence-corrected chi connectivity index (χ2v) is 11.7. The summed E-state index contributed by atoms with van der Waals surface area (Å²) in [5, 5.41) is 2.08. The van der Waals surface area contributed by atoms with Gasteiger partial charge >= 0.3 is 6.36 Å². The quantitative estimate of drug-likeness (QED) is 0.338. The lowest BCUT2D eigenvalue weighted by atomic mass is 9.77. The topological polar surface area (TPSA) is 37.3 Å². The first-order chi connectivity index (χ1) is 18.5. The summed E-state index contributed by atoms with van der Waals surface area (Å²) in [6, 6.07) is 14.8. The molecule has 0 radical (unpaired) electrons. The van der Waals surface area contributed by atoms with E-state index in [1.54, 1.807) is 6.07 Å². The summed E-state index contributed by atoms with van der Waals surface area (Å²) in [4.78, 5) is 9.34. The standard InChI is InChI=1S/C31H34F3N3O2/c1-29(2)24-16-21(38-31(32,33)34)14-15-25(24)37(18-20-10-6-5-7-11-20)30(29)19-35-28-23-13-9-8-12-22(23)26(36(3)4)17-27(28)39-30/h8-9,12-17,19-20H,5-7,10-11,18H2,1-4H3. The van der Waals surface area contributed by atoms with Crippen LogP contribution >= 0.6 is 0 Å². The smallest absolute Gasteiger partial charge is 0.459 e. The Labute approximate surface area is 227 Å². The Kier molecular flexibility index (Phi) is 6.01. The van der Waals surface area contributed by atoms with Crippen LogP contribution in [0.25, 0.3) is 10.8 Å². The fourth-order valence-electron chi connectivity index (χ4n) is 6.68. The van der Waals surface area contributed by atoms with Crippen molar-refractivity contribution in [2.45, 2.75) is 63.5 Å². The van der Waals surface area contributed by atoms with Gasteiger partial charge in [-0.3, -0.25) is 4.99 Å². The van der Waals surface area contributed by atoms with E-state index >= 15 is 0 Å². The van der Waals surface area contributed by atoms with Crippen LogP contribution in [0.5, 0.6) is 11.5 Å². The van der Waals surface area contributed by atoms with E-state index in [2.05, 4.69) is 26.7 Å². The van der Waals surface area contributed by atoms with Crippen molar-refractivity contribution in [3.05, 3.63) is 54.1 Å². The molecular formula is C31H34F3N3O2. The van der Waals surface area contributed by atoms with Crippen molar-refractivity contribution >= 4 is 34.0 Å². The van der Waals surface area contributed by atoms with Crippen molar-refractivity contribution in [3.63, 3.8) is 0 Å². The van der Waals surface area contributed by atoms with Crippen molar-refractivity contribution < 1.29 is 22.6 Å². The molecule has 39 heavy (non-hydrogen) atoms. The molecule has 2 aliphatic heterocycles. The maximum atomic E-state index is 13.1. The number of aliphatic imine (C=N–C) groups is 1. The summed E-state index contributed by atoms with van der Waals surface area (Å²) in [5.41, 5.74) is 1.67. The SMILES string of the molecule is CN(C)c1cc2c(c3ccccc13)N=CC1(O2)N(CC2CCCCC2)c2ccc(OC(F)(F)F)cc2C1(C)C. The van der Waals surface area contributed by atoms with Crippen LogP contribution in [0.4, 0.5) is 30.2 Å². The van der Waals surface area contributed by atoms with Gasteiger partial charge in [0.25, 0.3) is 0 Å². The minimum absolute atomic E-state index is 0.224. The Morgan fingerprint density at radius 2 is 1.74 bits per heavy atom. The zero-order chi connectivity index (χ0) is 27.6. The molecule has 206 valence electrons. The van der Waals surface area contributed by atoms with Gasteiger partial charge in [-0.15, -0.1) is 13.2 Å². The molecule has 0 bridgehead atoms. The molecule has 0 saturated heterocycles. The van der Waals surface area contributed by atoms with Crippen LogP contribution in [0, 0.1) is 5.92 Å². The molecule has 3 aromatic carbocycles. The van der Waals surface area contributed by atoms with Crippen LogP contribution in [0.1, 0.15) is 51.5 Å². The van der Waals surface area contributed by atoms with Gasteiger partial charge in [-0.05, 0) is 56.4 Å². The van der Waals surface area contributed by atoms with Gasteiger partial charge in [-0.25, -0.2) is 0 Å². The van der Waals surface area contributed by atoms with E-state index in [0.717, 1.165) is 52.8 Å². The maximum absolute atomic E-state index is 13.1. The monoisotopic (exact) mass is 537 g/mol. The van der Waals surface area contributed by atoms with Gasteiger partial charge in [0.15, 0.2) is 5.75 Å². The summed E-state index contributed by atoms with van der Waals surface area (Å²) in [6.07, 6.45) is 2.99. The predicted octanol–water partition coefficient (Wildman–Crippen LogP) is 7.97. The van der Waals surface area contributed by atoms with Gasteiger partial charge in [0, 0.05) is 48.9 Å². The summed E-state index contributed by atoms with van der Waals surface area (Å²) in [5.74, 6) is 0.912. The normalized spacial score (nSPS) is 22.1. The molecular weight excluding hydrogens is 503 g/mol. The summed E-state index contributed by atoms with van der Waals surface area (Å²) in [7, 11) is 4.01. The number of hydrogen-bond acceptors (Lipinski definition) is 5. The lowest BCUT2D eigenvalue weighted by Gasteiger charge is -2.47. The number of halogens is 3. The highest BCUT2D eigenvalue weighted by Crippen LogP contribution is 2.57. The van der Waals surface area contributed by atoms with E-state index in [9.17, 15) is 13.2 Å². The van der Waals surface area contributed by atoms with E-state index in [4.69, 9.17) is 9.73 Å². The van der Waals surface area contributed by atoms with E-state index in [-0.39, 0.29) is 5.75 Å². The molecule has 1 spiro atoms. The molecule has 1 fully saturated rings. The van der Waals surface area contributed by atoms with Crippen molar-refractivity contribution in [1.29, 1.82) is 0 Å². The average Bonchev–Trinajstić information content (AvgIpc) is 3.06. The highest BCUT2D eigenvalue weighted by molar-refractivity contribution is 6.06. The van der Waals surface area contributed by atoms with Crippen molar-refractivity contribution in [3.8, 4) is 11.5 Å². The first-order valence-electron chi connectivity index (χ1n) is 13.7. The number of alkyl halides is 3. The lowest BCUT2D eigenvalue weighted by Crippen LogP contribution is -2.63. The maximum Gasteiger partial charge on any atom is 0.573 e. The van der Waals surface area contributed by atoms with Gasteiger partial charge in [-0.1, -0.05) is 43.5 Å². The number of rotatable bonds is 4. The fraction of sp³-hybridized carbons (Fsp3) is 0.452. The van der Waals surface area contributed by atoms with Crippen LogP contribution in [0.3, 0.4) is 0 Å². The minimum atomic E-state index is -4.76. The van der Waals surface area contributed by atoms with Gasteiger partial charge < -0.3 is 19.3 Å². The molecule has 6 rings (SSSR count). The van der Waals surface area contributed by atoms with Gasteiger partial charge in [0.2, 0.25) is 5.72 Å². The summed E-state index contributed by atoms with van der Waals surface area (Å²) < 4.78 is 50.8. The lowest BCUT2D eigenvalue weighted by molar-refractivity contribution is -0.274. The number of fused-ring (bicyclic) bond motifs is 4. The molecule has 8 heteroatoms. The first-order valence-corrected chi connectivity index (χ1v) is 13.7. The Hall–Kier alpha value is -3.42. The van der Waals surface area contributed by atoms with Crippen LogP contribution in [0.2, 0.25) is 0 Å². The summed E-state index contributed by atoms with van der Waals surface area (Å²) in [6.45, 7) is 4.79. The molecule has 0 amide bonds. The Bertz CT molecular complexity index is 1440. The molecule has 1 unspecified atom stereocenters. The molecule has 3 aromatic rings. The highest BCUT2D eigenvalue weighted by Gasteiger charge is 2.60. The van der Waals surface area contributed by atoms with Crippen LogP contribution in [0.15, 0.2) is 53.5 Å². The second kappa shape index (κ2) is 9.07. The van der Waals surface area contributed by atoms with E-state index < -0.39 is 17.5 Å². The van der Waals surface area contributed by atoms with Gasteiger partial charge in [-0.2, -0.15) is 0 Å². The Morgan fingerprint density at radius 3 is 2.44 bits per heavy atom. The molecule has 0 N–H and O–H groups in total. The average molecular weight is 538 g/mol. The van der Waals surface area contributed by atoms with Crippen molar-refractivity contribution in [2.75, 3.05) is 30.4 Å². The zero-order valence-electron chi connectivity index (χ0n) is 22.8. The molecule has 2 heterocycles. The third-order valence-electron chi connectivity index (χ3n) is 8.70. The van der Waals surface area contributed by atoms with E-state index in [1.165, 1.54) is 31.4 Å². The van der Waals surface area contributed by atoms with Crippen LogP contribution in [-0.2, 0) is 5.41 Å². The zero-order valence-corrected chi connectivity index (χ0v) is 22.8. The second-order valence-electron chi connectivity index (χ2n) is 11.7. The predicted molar refractivity (Wildman–Crippen MR) is 150 cm³/mol. The number of ether oxygens (including phenoxy) is 2.